The summed E-state index contributed by atoms with van der Waals surface area (Å²) in [5.74, 6) is 0. The molecule has 0 aliphatic rings. The second kappa shape index (κ2) is 4.96. The smallest absolute Gasteiger partial charge is 0.240 e. The minimum Gasteiger partial charge on any atom is -0.240 e. The first-order valence-electron chi connectivity index (χ1n) is 4.16. The summed E-state index contributed by atoms with van der Waals surface area (Å²) in [6.07, 6.45) is -7.96. The topological polar surface area (TPSA) is 36.7 Å². The molecular formula is C9H4BrF5N2. The molecule has 92 valence electrons. The fourth-order valence-electron chi connectivity index (χ4n) is 1.17. The highest BCUT2D eigenvalue weighted by molar-refractivity contribution is 9.08. The van der Waals surface area contributed by atoms with E-state index in [0.717, 1.165) is 0 Å². The van der Waals surface area contributed by atoms with Gasteiger partial charge in [-0.15, -0.1) is 0 Å². The van der Waals surface area contributed by atoms with Crippen molar-refractivity contribution in [3.63, 3.8) is 0 Å². The first-order valence-corrected chi connectivity index (χ1v) is 5.28. The maximum absolute atomic E-state index is 12.5. The Kier molecular flexibility index (Phi) is 4.03. The van der Waals surface area contributed by atoms with E-state index >= 15 is 0 Å². The number of alkyl halides is 6. The Bertz CT molecular complexity index is 464. The molecular weight excluding hydrogens is 311 g/mol. The first kappa shape index (κ1) is 13.8. The van der Waals surface area contributed by atoms with Gasteiger partial charge in [0, 0.05) is 5.33 Å². The van der Waals surface area contributed by atoms with Gasteiger partial charge in [-0.05, 0) is 6.07 Å². The molecule has 0 unspecified atom stereocenters. The fraction of sp³-hybridized carbons (Fsp3) is 0.333. The van der Waals surface area contributed by atoms with Crippen LogP contribution in [-0.4, -0.2) is 4.98 Å². The molecule has 0 amide bonds. The zero-order chi connectivity index (χ0) is 13.2. The van der Waals surface area contributed by atoms with Gasteiger partial charge in [-0.2, -0.15) is 18.4 Å². The van der Waals surface area contributed by atoms with Gasteiger partial charge in [-0.25, -0.2) is 13.8 Å². The average molecular weight is 315 g/mol. The van der Waals surface area contributed by atoms with E-state index < -0.39 is 35.1 Å². The Morgan fingerprint density at radius 1 is 1.41 bits per heavy atom. The van der Waals surface area contributed by atoms with Crippen LogP contribution in [0.1, 0.15) is 28.9 Å². The number of hydrogen-bond donors (Lipinski definition) is 0. The number of aromatic nitrogens is 1. The molecule has 1 aromatic heterocycles. The van der Waals surface area contributed by atoms with Crippen molar-refractivity contribution >= 4 is 15.9 Å². The highest BCUT2D eigenvalue weighted by Crippen LogP contribution is 2.35. The van der Waals surface area contributed by atoms with E-state index in [1.54, 1.807) is 0 Å². The Morgan fingerprint density at radius 3 is 2.35 bits per heavy atom. The fourth-order valence-corrected chi connectivity index (χ4v) is 1.60. The van der Waals surface area contributed by atoms with Crippen molar-refractivity contribution in [2.24, 2.45) is 0 Å². The molecule has 1 rings (SSSR count). The van der Waals surface area contributed by atoms with Gasteiger partial charge in [0.05, 0.1) is 16.8 Å². The lowest BCUT2D eigenvalue weighted by atomic mass is 10.1. The molecule has 0 fully saturated rings. The standard InChI is InChI=1S/C9H4BrF5N2/c10-2-6-5(9(13,14)15)1-4(8(11)12)7(3-16)17-6/h1,8H,2H2. The number of rotatable bonds is 2. The predicted octanol–water partition coefficient (Wildman–Crippen LogP) is 3.80. The number of halogens is 6. The van der Waals surface area contributed by atoms with Crippen LogP contribution in [0.5, 0.6) is 0 Å². The van der Waals surface area contributed by atoms with E-state index in [-0.39, 0.29) is 11.4 Å². The van der Waals surface area contributed by atoms with Gasteiger partial charge >= 0.3 is 6.18 Å². The zero-order valence-corrected chi connectivity index (χ0v) is 9.61. The SMILES string of the molecule is N#Cc1nc(CBr)c(C(F)(F)F)cc1C(F)F. The van der Waals surface area contributed by atoms with E-state index in [2.05, 4.69) is 20.9 Å². The highest BCUT2D eigenvalue weighted by Gasteiger charge is 2.35. The maximum Gasteiger partial charge on any atom is 0.418 e. The Balaban J connectivity index is 3.52. The van der Waals surface area contributed by atoms with Crippen LogP contribution in [-0.2, 0) is 11.5 Å². The average Bonchev–Trinajstić information content (AvgIpc) is 2.25. The molecule has 0 radical (unpaired) electrons. The minimum absolute atomic E-state index is 0.271. The maximum atomic E-state index is 12.5. The van der Waals surface area contributed by atoms with Gasteiger partial charge < -0.3 is 0 Å². The van der Waals surface area contributed by atoms with E-state index in [1.165, 1.54) is 6.07 Å². The molecule has 2 nitrogen and oxygen atoms in total. The van der Waals surface area contributed by atoms with E-state index in [9.17, 15) is 22.0 Å². The van der Waals surface area contributed by atoms with Crippen molar-refractivity contribution in [2.75, 3.05) is 0 Å². The third-order valence-corrected chi connectivity index (χ3v) is 2.44. The van der Waals surface area contributed by atoms with Gasteiger partial charge in [0.2, 0.25) is 0 Å². The molecule has 8 heteroatoms. The van der Waals surface area contributed by atoms with Crippen LogP contribution in [0.4, 0.5) is 22.0 Å². The second-order valence-electron chi connectivity index (χ2n) is 2.96. The number of nitrogens with zero attached hydrogens (tertiary/aromatic N) is 2. The molecule has 1 heterocycles. The molecule has 0 spiro atoms. The molecule has 0 saturated carbocycles. The van der Waals surface area contributed by atoms with Crippen LogP contribution >= 0.6 is 15.9 Å². The largest absolute Gasteiger partial charge is 0.418 e. The van der Waals surface area contributed by atoms with Gasteiger partial charge in [0.15, 0.2) is 0 Å². The van der Waals surface area contributed by atoms with Crippen LogP contribution in [0.2, 0.25) is 0 Å². The van der Waals surface area contributed by atoms with E-state index in [0.29, 0.717) is 0 Å². The second-order valence-corrected chi connectivity index (χ2v) is 3.53. The molecule has 0 aliphatic heterocycles. The van der Waals surface area contributed by atoms with Crippen LogP contribution < -0.4 is 0 Å². The highest BCUT2D eigenvalue weighted by atomic mass is 79.9. The summed E-state index contributed by atoms with van der Waals surface area (Å²) in [5.41, 5.74) is -3.45. The van der Waals surface area contributed by atoms with Crippen molar-refractivity contribution < 1.29 is 22.0 Å². The normalized spacial score (nSPS) is 11.6. The Morgan fingerprint density at radius 2 is 2.00 bits per heavy atom. The lowest BCUT2D eigenvalue weighted by Gasteiger charge is -2.13. The minimum atomic E-state index is -4.78. The lowest BCUT2D eigenvalue weighted by molar-refractivity contribution is -0.138. The summed E-state index contributed by atoms with van der Waals surface area (Å²) in [7, 11) is 0. The molecule has 1 aromatic rings. The predicted molar refractivity (Wildman–Crippen MR) is 51.5 cm³/mol. The van der Waals surface area contributed by atoms with Gasteiger partial charge in [0.1, 0.15) is 11.8 Å². The molecule has 0 saturated heterocycles. The summed E-state index contributed by atoms with van der Waals surface area (Å²) < 4.78 is 62.5. The molecule has 0 bridgehead atoms. The van der Waals surface area contributed by atoms with Crippen molar-refractivity contribution in [2.45, 2.75) is 17.9 Å². The summed E-state index contributed by atoms with van der Waals surface area (Å²) in [5, 5.41) is 8.26. The molecule has 0 atom stereocenters. The molecule has 0 N–H and O–H groups in total. The summed E-state index contributed by atoms with van der Waals surface area (Å²) in [6, 6.07) is 1.62. The number of pyridine rings is 1. The number of hydrogen-bond acceptors (Lipinski definition) is 2. The first-order chi connectivity index (χ1) is 7.81. The van der Waals surface area contributed by atoms with Crippen LogP contribution in [0, 0.1) is 11.3 Å². The van der Waals surface area contributed by atoms with Gasteiger partial charge in [-0.3, -0.25) is 0 Å². The monoisotopic (exact) mass is 314 g/mol. The van der Waals surface area contributed by atoms with Crippen LogP contribution in [0.15, 0.2) is 6.07 Å². The summed E-state index contributed by atoms with van der Waals surface area (Å²) >= 11 is 2.77. The van der Waals surface area contributed by atoms with Gasteiger partial charge in [-0.1, -0.05) is 15.9 Å². The summed E-state index contributed by atoms with van der Waals surface area (Å²) in [6.45, 7) is 0. The molecule has 0 aliphatic carbocycles. The van der Waals surface area contributed by atoms with Crippen molar-refractivity contribution in [1.82, 2.24) is 4.98 Å². The zero-order valence-electron chi connectivity index (χ0n) is 8.02. The van der Waals surface area contributed by atoms with Crippen molar-refractivity contribution in [1.29, 1.82) is 5.26 Å². The van der Waals surface area contributed by atoms with Crippen molar-refractivity contribution in [3.8, 4) is 6.07 Å². The Hall–Kier alpha value is -1.23. The quantitative estimate of drug-likeness (QED) is 0.615. The molecule has 17 heavy (non-hydrogen) atoms. The lowest BCUT2D eigenvalue weighted by Crippen LogP contribution is -2.13. The number of nitriles is 1. The van der Waals surface area contributed by atoms with Crippen LogP contribution in [0.25, 0.3) is 0 Å². The van der Waals surface area contributed by atoms with Gasteiger partial charge in [0.25, 0.3) is 6.43 Å². The van der Waals surface area contributed by atoms with E-state index in [1.807, 2.05) is 0 Å². The summed E-state index contributed by atoms with van der Waals surface area (Å²) in [4.78, 5) is 3.29. The Labute approximate surface area is 101 Å². The van der Waals surface area contributed by atoms with Crippen molar-refractivity contribution in [3.05, 3.63) is 28.6 Å². The van der Waals surface area contributed by atoms with Crippen LogP contribution in [0.3, 0.4) is 0 Å². The van der Waals surface area contributed by atoms with E-state index in [4.69, 9.17) is 5.26 Å². The molecule has 0 aromatic carbocycles. The third kappa shape index (κ3) is 2.91. The third-order valence-electron chi connectivity index (χ3n) is 1.90.